The molecule has 5 nitrogen and oxygen atoms in total. The van der Waals surface area contributed by atoms with Gasteiger partial charge in [-0.2, -0.15) is 4.98 Å². The summed E-state index contributed by atoms with van der Waals surface area (Å²) in [6.07, 6.45) is 2.77. The summed E-state index contributed by atoms with van der Waals surface area (Å²) in [4.78, 5) is 7.54. The van der Waals surface area contributed by atoms with Gasteiger partial charge in [0.05, 0.1) is 44.3 Å². The maximum atomic E-state index is 6.71. The minimum Gasteiger partial charge on any atom is -0.372 e. The highest BCUT2D eigenvalue weighted by Crippen LogP contribution is 2.31. The first-order valence-electron chi connectivity index (χ1n) is 9.84. The molecule has 140 valence electrons. The minimum absolute atomic E-state index is 0.397. The predicted octanol–water partition coefficient (Wildman–Crippen LogP) is -0.116. The van der Waals surface area contributed by atoms with Gasteiger partial charge in [-0.25, -0.2) is 0 Å². The van der Waals surface area contributed by atoms with Crippen LogP contribution in [0.1, 0.15) is 18.4 Å². The molecule has 2 aliphatic rings. The molecule has 26 heavy (non-hydrogen) atoms. The second-order valence-electron chi connectivity index (χ2n) is 7.62. The first-order chi connectivity index (χ1) is 12.7. The van der Waals surface area contributed by atoms with E-state index < -0.39 is 0 Å². The van der Waals surface area contributed by atoms with Crippen molar-refractivity contribution in [2.24, 2.45) is 0 Å². The van der Waals surface area contributed by atoms with E-state index in [4.69, 9.17) is 16.3 Å². The summed E-state index contributed by atoms with van der Waals surface area (Å²) < 4.78 is 5.76. The summed E-state index contributed by atoms with van der Waals surface area (Å²) in [5, 5.41) is 4.40. The van der Waals surface area contributed by atoms with E-state index in [9.17, 15) is 0 Å². The molecule has 3 heterocycles. The predicted molar refractivity (Wildman–Crippen MR) is 104 cm³/mol. The summed E-state index contributed by atoms with van der Waals surface area (Å²) in [7, 11) is 2.28. The molecule has 0 bridgehead atoms. The smallest absolute Gasteiger partial charge is 0.284 e. The molecular formula is C20H30ClN4O+3. The first kappa shape index (κ1) is 18.0. The molecule has 1 atom stereocenters. The number of rotatable bonds is 5. The number of nitrogens with one attached hydrogen (secondary N) is 2. The molecule has 2 fully saturated rings. The number of anilines is 1. The average Bonchev–Trinajstić information content (AvgIpc) is 3.16. The molecular weight excluding hydrogens is 348 g/mol. The number of halogens is 1. The summed E-state index contributed by atoms with van der Waals surface area (Å²) in [6, 6.07) is 8.52. The van der Waals surface area contributed by atoms with Crippen molar-refractivity contribution in [3.8, 4) is 0 Å². The number of nitrogens with two attached hydrogens (primary N) is 1. The number of likely N-dealkylation sites (N-methyl/N-ethyl adjacent to an activating group) is 1. The molecule has 4 N–H and O–H groups in total. The number of pyridine rings is 1. The maximum Gasteiger partial charge on any atom is 0.284 e. The van der Waals surface area contributed by atoms with Crippen LogP contribution >= 0.6 is 11.6 Å². The van der Waals surface area contributed by atoms with Gasteiger partial charge in [-0.05, 0) is 30.5 Å². The monoisotopic (exact) mass is 377 g/mol. The van der Waals surface area contributed by atoms with Gasteiger partial charge in [0.2, 0.25) is 5.52 Å². The number of aromatic nitrogens is 1. The molecule has 0 aliphatic carbocycles. The quantitative estimate of drug-likeness (QED) is 0.714. The van der Waals surface area contributed by atoms with Crippen LogP contribution in [0.3, 0.4) is 0 Å². The Kier molecular flexibility index (Phi) is 5.60. The van der Waals surface area contributed by atoms with E-state index in [0.717, 1.165) is 43.5 Å². The number of H-pyrrole nitrogens is 1. The standard InChI is InChI=1S/C20H27ClN4O/c1-24-8-10-25(11-9-24)19-16-6-2-3-7-18(16)23-20(21)17(19)14-22-13-15-5-4-12-26-15/h2-3,6-7,15,22H,4-5,8-14H2,1H3/p+3/t15-/m0/s1. The van der Waals surface area contributed by atoms with Gasteiger partial charge in [0.1, 0.15) is 24.8 Å². The van der Waals surface area contributed by atoms with Gasteiger partial charge in [-0.15, -0.1) is 0 Å². The third-order valence-corrected chi connectivity index (χ3v) is 6.04. The van der Waals surface area contributed by atoms with Crippen LogP contribution in [0, 0.1) is 0 Å². The van der Waals surface area contributed by atoms with Gasteiger partial charge < -0.3 is 19.9 Å². The first-order valence-corrected chi connectivity index (χ1v) is 10.2. The van der Waals surface area contributed by atoms with Gasteiger partial charge in [0, 0.05) is 12.7 Å². The van der Waals surface area contributed by atoms with E-state index in [1.807, 2.05) is 0 Å². The molecule has 0 unspecified atom stereocenters. The zero-order valence-electron chi connectivity index (χ0n) is 15.6. The number of fused-ring (bicyclic) bond motifs is 1. The highest BCUT2D eigenvalue weighted by atomic mass is 35.5. The van der Waals surface area contributed by atoms with Crippen LogP contribution in [-0.2, 0) is 11.3 Å². The van der Waals surface area contributed by atoms with E-state index in [-0.39, 0.29) is 0 Å². The molecule has 1 aromatic heterocycles. The van der Waals surface area contributed by atoms with Crippen molar-refractivity contribution >= 4 is 28.2 Å². The second-order valence-corrected chi connectivity index (χ2v) is 8.00. The van der Waals surface area contributed by atoms with Crippen molar-refractivity contribution in [1.82, 2.24) is 0 Å². The van der Waals surface area contributed by atoms with Crippen LogP contribution < -0.4 is 20.1 Å². The third kappa shape index (κ3) is 3.81. The lowest BCUT2D eigenvalue weighted by molar-refractivity contribution is -0.880. The maximum absolute atomic E-state index is 6.71. The SMILES string of the molecule is C[NH+]1CCN(c2c(C[NH2+]C[C@@H]3CCCO3)c(Cl)[nH+]c3ccccc23)CC1. The molecule has 0 amide bonds. The van der Waals surface area contributed by atoms with Crippen molar-refractivity contribution in [2.75, 3.05) is 51.3 Å². The number of quaternary nitrogens is 2. The average molecular weight is 378 g/mol. The Morgan fingerprint density at radius 3 is 2.88 bits per heavy atom. The van der Waals surface area contributed by atoms with Crippen LogP contribution in [0.5, 0.6) is 0 Å². The van der Waals surface area contributed by atoms with E-state index in [1.165, 1.54) is 42.6 Å². The molecule has 6 heteroatoms. The fourth-order valence-electron chi connectivity index (χ4n) is 4.16. The Hall–Kier alpha value is -1.40. The van der Waals surface area contributed by atoms with Crippen LogP contribution in [0.15, 0.2) is 24.3 Å². The number of ether oxygens (including phenoxy) is 1. The van der Waals surface area contributed by atoms with Gasteiger partial charge in [0.15, 0.2) is 0 Å². The Bertz CT molecular complexity index is 755. The third-order valence-electron chi connectivity index (χ3n) is 5.71. The lowest BCUT2D eigenvalue weighted by Crippen LogP contribution is -3.12. The Balaban J connectivity index is 1.63. The summed E-state index contributed by atoms with van der Waals surface area (Å²) in [5.41, 5.74) is 3.66. The largest absolute Gasteiger partial charge is 0.372 e. The van der Waals surface area contributed by atoms with Crippen LogP contribution in [0.25, 0.3) is 10.9 Å². The van der Waals surface area contributed by atoms with E-state index in [0.29, 0.717) is 6.10 Å². The van der Waals surface area contributed by atoms with Gasteiger partial charge >= 0.3 is 0 Å². The number of benzene rings is 1. The topological polar surface area (TPSA) is 47.7 Å². The Labute approximate surface area is 160 Å². The molecule has 0 radical (unpaired) electrons. The van der Waals surface area contributed by atoms with Gasteiger partial charge in [-0.3, -0.25) is 0 Å². The zero-order valence-corrected chi connectivity index (χ0v) is 16.3. The highest BCUT2D eigenvalue weighted by molar-refractivity contribution is 6.30. The van der Waals surface area contributed by atoms with Crippen molar-refractivity contribution in [2.45, 2.75) is 25.5 Å². The molecule has 4 rings (SSSR count). The highest BCUT2D eigenvalue weighted by Gasteiger charge is 2.27. The van der Waals surface area contributed by atoms with Crippen molar-refractivity contribution in [3.05, 3.63) is 35.0 Å². The number of hydrogen-bond acceptors (Lipinski definition) is 2. The molecule has 2 aliphatic heterocycles. The van der Waals surface area contributed by atoms with E-state index in [2.05, 4.69) is 46.5 Å². The lowest BCUT2D eigenvalue weighted by atomic mass is 10.1. The van der Waals surface area contributed by atoms with E-state index in [1.54, 1.807) is 4.90 Å². The van der Waals surface area contributed by atoms with Crippen molar-refractivity contribution in [1.29, 1.82) is 0 Å². The van der Waals surface area contributed by atoms with Crippen LogP contribution in [0.4, 0.5) is 5.69 Å². The molecule has 2 saturated heterocycles. The minimum atomic E-state index is 0.397. The lowest BCUT2D eigenvalue weighted by Gasteiger charge is -2.33. The number of aromatic amines is 1. The fraction of sp³-hybridized carbons (Fsp3) is 0.550. The number of para-hydroxylation sites is 1. The summed E-state index contributed by atoms with van der Waals surface area (Å²) >= 11 is 6.71. The second kappa shape index (κ2) is 8.09. The normalized spacial score (nSPS) is 21.6. The Morgan fingerprint density at radius 2 is 2.12 bits per heavy atom. The molecule has 2 aromatic rings. The summed E-state index contributed by atoms with van der Waals surface area (Å²) in [6.45, 7) is 7.30. The van der Waals surface area contributed by atoms with Crippen LogP contribution in [0.2, 0.25) is 5.15 Å². The Morgan fingerprint density at radius 1 is 1.31 bits per heavy atom. The van der Waals surface area contributed by atoms with E-state index >= 15 is 0 Å². The number of piperazine rings is 1. The number of hydrogen-bond donors (Lipinski definition) is 2. The van der Waals surface area contributed by atoms with Gasteiger partial charge in [0.25, 0.3) is 5.15 Å². The number of nitrogens with zero attached hydrogens (tertiary/aromatic N) is 1. The van der Waals surface area contributed by atoms with Crippen molar-refractivity contribution < 1.29 is 19.9 Å². The summed E-state index contributed by atoms with van der Waals surface area (Å²) in [5.74, 6) is 0. The fourth-order valence-corrected chi connectivity index (χ4v) is 4.43. The molecule has 1 aromatic carbocycles. The zero-order chi connectivity index (χ0) is 17.9. The molecule has 0 spiro atoms. The van der Waals surface area contributed by atoms with Crippen molar-refractivity contribution in [3.63, 3.8) is 0 Å². The van der Waals surface area contributed by atoms with Crippen LogP contribution in [-0.4, -0.2) is 52.5 Å². The van der Waals surface area contributed by atoms with Gasteiger partial charge in [-0.1, -0.05) is 12.1 Å². The molecule has 0 saturated carbocycles.